The van der Waals surface area contributed by atoms with Crippen molar-refractivity contribution in [1.29, 1.82) is 0 Å². The number of rotatable bonds is 13. The number of hydrogen-bond acceptors (Lipinski definition) is 4. The van der Waals surface area contributed by atoms with Gasteiger partial charge in [0.2, 0.25) is 0 Å². The Kier molecular flexibility index (Phi) is 9.88. The van der Waals surface area contributed by atoms with Crippen molar-refractivity contribution in [2.24, 2.45) is 11.8 Å². The zero-order valence-electron chi connectivity index (χ0n) is 18.6. The van der Waals surface area contributed by atoms with Crippen LogP contribution in [0.25, 0.3) is 0 Å². The van der Waals surface area contributed by atoms with E-state index in [1.54, 1.807) is 0 Å². The molecule has 4 nitrogen and oxygen atoms in total. The van der Waals surface area contributed by atoms with E-state index in [1.165, 1.54) is 32.1 Å². The molecule has 2 unspecified atom stereocenters. The summed E-state index contributed by atoms with van der Waals surface area (Å²) >= 11 is 0. The quantitative estimate of drug-likeness (QED) is 0.216. The van der Waals surface area contributed by atoms with Crippen LogP contribution in [0.3, 0.4) is 0 Å². The van der Waals surface area contributed by atoms with Gasteiger partial charge in [0, 0.05) is 25.4 Å². The molecule has 1 heterocycles. The van der Waals surface area contributed by atoms with Crippen LogP contribution >= 0.6 is 0 Å². The van der Waals surface area contributed by atoms with Crippen LogP contribution in [0.2, 0.25) is 19.6 Å². The molecule has 1 aliphatic heterocycles. The molecule has 0 amide bonds. The summed E-state index contributed by atoms with van der Waals surface area (Å²) in [5, 5.41) is 0. The van der Waals surface area contributed by atoms with E-state index in [0.717, 1.165) is 32.3 Å². The molecule has 5 heteroatoms. The monoisotopic (exact) mass is 410 g/mol. The van der Waals surface area contributed by atoms with E-state index in [9.17, 15) is 4.79 Å². The molecule has 1 saturated carbocycles. The number of allylic oxidation sites excluding steroid dienone is 2. The summed E-state index contributed by atoms with van der Waals surface area (Å²) in [7, 11) is -1.36. The molecule has 2 atom stereocenters. The maximum absolute atomic E-state index is 11.9. The average Bonchev–Trinajstić information content (AvgIpc) is 3.23. The van der Waals surface area contributed by atoms with Gasteiger partial charge in [0.05, 0.1) is 13.2 Å². The summed E-state index contributed by atoms with van der Waals surface area (Å²) in [6, 6.07) is 0. The van der Waals surface area contributed by atoms with Gasteiger partial charge < -0.3 is 13.9 Å². The van der Waals surface area contributed by atoms with E-state index in [2.05, 4.69) is 32.6 Å². The van der Waals surface area contributed by atoms with Crippen LogP contribution < -0.4 is 0 Å². The third kappa shape index (κ3) is 7.73. The fraction of sp³-hybridized carbons (Fsp3) is 0.870. The molecule has 0 bridgehead atoms. The number of carbonyl (C=O) groups is 1. The minimum atomic E-state index is -1.36. The van der Waals surface area contributed by atoms with Crippen LogP contribution in [0.15, 0.2) is 12.2 Å². The molecule has 0 aromatic rings. The van der Waals surface area contributed by atoms with Crippen molar-refractivity contribution < 1.29 is 18.7 Å². The third-order valence-electron chi connectivity index (χ3n) is 5.90. The first-order chi connectivity index (χ1) is 13.4. The average molecular weight is 411 g/mol. The second-order valence-electron chi connectivity index (χ2n) is 9.41. The van der Waals surface area contributed by atoms with Crippen molar-refractivity contribution in [3.63, 3.8) is 0 Å². The summed E-state index contributed by atoms with van der Waals surface area (Å²) in [5.74, 6) is 0.657. The van der Waals surface area contributed by atoms with Gasteiger partial charge in [0.1, 0.15) is 0 Å². The molecule has 162 valence electrons. The predicted octanol–water partition coefficient (Wildman–Crippen LogP) is 5.87. The lowest BCUT2D eigenvalue weighted by Gasteiger charge is -2.31. The Balaban J connectivity index is 1.74. The first-order valence-electron chi connectivity index (χ1n) is 11.5. The maximum atomic E-state index is 11.9. The molecule has 1 aliphatic carbocycles. The summed E-state index contributed by atoms with van der Waals surface area (Å²) in [6.07, 6.45) is 14.8. The Morgan fingerprint density at radius 3 is 2.46 bits per heavy atom. The summed E-state index contributed by atoms with van der Waals surface area (Å²) in [5.41, 5.74) is 0. The summed E-state index contributed by atoms with van der Waals surface area (Å²) < 4.78 is 18.1. The maximum Gasteiger partial charge on any atom is 0.183 e. The molecule has 28 heavy (non-hydrogen) atoms. The molecule has 2 fully saturated rings. The molecular weight excluding hydrogens is 368 g/mol. The summed E-state index contributed by atoms with van der Waals surface area (Å²) in [6.45, 7) is 11.1. The van der Waals surface area contributed by atoms with E-state index >= 15 is 0 Å². The van der Waals surface area contributed by atoms with Gasteiger partial charge in [0.15, 0.2) is 19.9 Å². The zero-order valence-corrected chi connectivity index (χ0v) is 19.6. The third-order valence-corrected chi connectivity index (χ3v) is 6.97. The van der Waals surface area contributed by atoms with Gasteiger partial charge >= 0.3 is 0 Å². The Hall–Kier alpha value is -0.493. The van der Waals surface area contributed by atoms with E-state index in [-0.39, 0.29) is 11.6 Å². The molecule has 0 aromatic carbocycles. The van der Waals surface area contributed by atoms with Crippen LogP contribution in [0.1, 0.15) is 71.1 Å². The van der Waals surface area contributed by atoms with Gasteiger partial charge in [-0.3, -0.25) is 4.79 Å². The molecule has 0 radical (unpaired) electrons. The van der Waals surface area contributed by atoms with Gasteiger partial charge in [-0.25, -0.2) is 0 Å². The van der Waals surface area contributed by atoms with Crippen molar-refractivity contribution in [3.8, 4) is 0 Å². The van der Waals surface area contributed by atoms with Gasteiger partial charge in [-0.1, -0.05) is 38.7 Å². The van der Waals surface area contributed by atoms with Crippen molar-refractivity contribution >= 4 is 14.1 Å². The fourth-order valence-corrected chi connectivity index (χ4v) is 5.27. The minimum Gasteiger partial charge on any atom is -0.418 e. The largest absolute Gasteiger partial charge is 0.418 e. The Morgan fingerprint density at radius 2 is 1.79 bits per heavy atom. The molecule has 0 aromatic heterocycles. The first-order valence-corrected chi connectivity index (χ1v) is 14.9. The van der Waals surface area contributed by atoms with E-state index in [0.29, 0.717) is 31.5 Å². The molecule has 1 saturated heterocycles. The highest BCUT2D eigenvalue weighted by molar-refractivity contribution is 6.69. The van der Waals surface area contributed by atoms with Gasteiger partial charge in [-0.05, 0) is 57.3 Å². The normalized spacial score (nSPS) is 24.6. The lowest BCUT2D eigenvalue weighted by atomic mass is 9.87. The van der Waals surface area contributed by atoms with Crippen LogP contribution in [0.4, 0.5) is 0 Å². The van der Waals surface area contributed by atoms with Crippen molar-refractivity contribution in [3.05, 3.63) is 12.2 Å². The van der Waals surface area contributed by atoms with Crippen LogP contribution in [-0.4, -0.2) is 39.7 Å². The van der Waals surface area contributed by atoms with E-state index < -0.39 is 8.32 Å². The van der Waals surface area contributed by atoms with Crippen molar-refractivity contribution in [2.45, 2.75) is 96.6 Å². The minimum absolute atomic E-state index is 0.246. The molecule has 2 rings (SSSR count). The highest BCUT2D eigenvalue weighted by atomic mass is 28.4. The second kappa shape index (κ2) is 11.6. The predicted molar refractivity (Wildman–Crippen MR) is 117 cm³/mol. The molecule has 2 aliphatic rings. The van der Waals surface area contributed by atoms with Gasteiger partial charge in [-0.15, -0.1) is 0 Å². The summed E-state index contributed by atoms with van der Waals surface area (Å²) in [4.78, 5) is 11.9. The zero-order chi connectivity index (χ0) is 20.5. The highest BCUT2D eigenvalue weighted by Crippen LogP contribution is 2.48. The Labute approximate surface area is 173 Å². The Bertz CT molecular complexity index is 491. The van der Waals surface area contributed by atoms with E-state index in [1.807, 2.05) is 6.08 Å². The van der Waals surface area contributed by atoms with Gasteiger partial charge in [0.25, 0.3) is 0 Å². The standard InChI is InChI=1S/C23H42O4Si/c1-5-11-21(24)14-13-20-15-16-23(25-18-19-26-23)22(20)12-9-7-6-8-10-17-27-28(2,3)4/h13-14,20,22H,5-12,15-19H2,1-4H3. The number of unbranched alkanes of at least 4 members (excludes halogenated alkanes) is 4. The number of hydrogen-bond donors (Lipinski definition) is 0. The number of carbonyl (C=O) groups excluding carboxylic acids is 1. The highest BCUT2D eigenvalue weighted by Gasteiger charge is 2.51. The Morgan fingerprint density at radius 1 is 1.11 bits per heavy atom. The van der Waals surface area contributed by atoms with Gasteiger partial charge in [-0.2, -0.15) is 0 Å². The first kappa shape index (κ1) is 23.8. The molecule has 1 spiro atoms. The smallest absolute Gasteiger partial charge is 0.183 e. The number of ether oxygens (including phenoxy) is 2. The van der Waals surface area contributed by atoms with Crippen LogP contribution in [0, 0.1) is 11.8 Å². The van der Waals surface area contributed by atoms with E-state index in [4.69, 9.17) is 13.9 Å². The van der Waals surface area contributed by atoms with Crippen LogP contribution in [0.5, 0.6) is 0 Å². The van der Waals surface area contributed by atoms with Crippen molar-refractivity contribution in [2.75, 3.05) is 19.8 Å². The fourth-order valence-electron chi connectivity index (χ4n) is 4.51. The lowest BCUT2D eigenvalue weighted by Crippen LogP contribution is -2.36. The topological polar surface area (TPSA) is 44.8 Å². The molecule has 0 N–H and O–H groups in total. The second-order valence-corrected chi connectivity index (χ2v) is 13.9. The van der Waals surface area contributed by atoms with Crippen LogP contribution in [-0.2, 0) is 18.7 Å². The lowest BCUT2D eigenvalue weighted by molar-refractivity contribution is -0.186. The SMILES string of the molecule is CCCC(=O)C=CC1CCC2(OCCO2)C1CCCCCCCO[Si](C)(C)C. The number of ketones is 1. The molecular formula is C23H42O4Si. The van der Waals surface area contributed by atoms with Crippen molar-refractivity contribution in [1.82, 2.24) is 0 Å².